The third kappa shape index (κ3) is 5.31. The van der Waals surface area contributed by atoms with Crippen molar-refractivity contribution in [2.24, 2.45) is 28.1 Å². The summed E-state index contributed by atoms with van der Waals surface area (Å²) in [6.45, 7) is 20.1. The van der Waals surface area contributed by atoms with Crippen LogP contribution in [-0.4, -0.2) is 65.4 Å². The van der Waals surface area contributed by atoms with Gasteiger partial charge in [0.2, 0.25) is 0 Å². The number of carbonyl (C=O) groups is 2. The molecule has 0 aliphatic heterocycles. The van der Waals surface area contributed by atoms with Gasteiger partial charge in [-0.1, -0.05) is 73.6 Å². The van der Waals surface area contributed by atoms with Crippen molar-refractivity contribution < 1.29 is 34.1 Å². The van der Waals surface area contributed by atoms with E-state index >= 15 is 4.79 Å². The first-order valence-corrected chi connectivity index (χ1v) is 19.8. The van der Waals surface area contributed by atoms with Gasteiger partial charge in [0.25, 0.3) is 0 Å². The van der Waals surface area contributed by atoms with E-state index in [0.29, 0.717) is 24.0 Å². The van der Waals surface area contributed by atoms with Gasteiger partial charge in [-0.05, 0) is 74.5 Å². The van der Waals surface area contributed by atoms with Gasteiger partial charge < -0.3 is 24.5 Å². The predicted molar refractivity (Wildman–Crippen MR) is 179 cm³/mol. The van der Waals surface area contributed by atoms with Gasteiger partial charge >= 0.3 is 5.97 Å². The van der Waals surface area contributed by atoms with Gasteiger partial charge in [-0.25, -0.2) is 4.79 Å². The summed E-state index contributed by atoms with van der Waals surface area (Å²) >= 11 is 0. The lowest BCUT2D eigenvalue weighted by Crippen LogP contribution is -2.74. The van der Waals surface area contributed by atoms with Crippen molar-refractivity contribution in [2.75, 3.05) is 0 Å². The number of hydrogen-bond acceptors (Lipinski definition) is 7. The highest BCUT2D eigenvalue weighted by atomic mass is 28.4. The SMILES string of the molecule is CC[C@H]1C(=O)[C@@]2(C)C([C@H](OC(=O)c3ccccc3)[C@]3(O)C[C@H](O)C(C)=C1C3(C)C)[C@](C)(CC)[C@H](O)C[C@@H]2O[Si](CC)(CC)CC. The van der Waals surface area contributed by atoms with Gasteiger partial charge in [0.1, 0.15) is 17.5 Å². The van der Waals surface area contributed by atoms with Crippen molar-refractivity contribution in [2.45, 2.75) is 143 Å². The summed E-state index contributed by atoms with van der Waals surface area (Å²) in [4.78, 5) is 29.5. The number of hydrogen-bond donors (Lipinski definition) is 3. The molecule has 0 amide bonds. The van der Waals surface area contributed by atoms with Gasteiger partial charge in [-0.15, -0.1) is 0 Å². The van der Waals surface area contributed by atoms with E-state index in [-0.39, 0.29) is 18.6 Å². The zero-order valence-electron chi connectivity index (χ0n) is 29.3. The fourth-order valence-electron chi connectivity index (χ4n) is 9.60. The van der Waals surface area contributed by atoms with Crippen LogP contribution >= 0.6 is 0 Å². The molecule has 0 spiro atoms. The average molecular weight is 643 g/mol. The van der Waals surface area contributed by atoms with Crippen molar-refractivity contribution in [3.05, 3.63) is 47.0 Å². The Morgan fingerprint density at radius 1 is 0.978 bits per heavy atom. The number of carbonyl (C=O) groups excluding carboxylic acids is 2. The van der Waals surface area contributed by atoms with Crippen LogP contribution in [0.2, 0.25) is 18.1 Å². The van der Waals surface area contributed by atoms with Gasteiger partial charge in [0.05, 0.1) is 29.3 Å². The Bertz CT molecular complexity index is 1280. The van der Waals surface area contributed by atoms with E-state index in [2.05, 4.69) is 20.8 Å². The highest BCUT2D eigenvalue weighted by Crippen LogP contribution is 2.65. The molecule has 9 atom stereocenters. The minimum absolute atomic E-state index is 0.0166. The van der Waals surface area contributed by atoms with E-state index in [4.69, 9.17) is 9.16 Å². The maximum atomic E-state index is 15.5. The monoisotopic (exact) mass is 642 g/mol. The van der Waals surface area contributed by atoms with Crippen LogP contribution in [0.4, 0.5) is 0 Å². The fraction of sp³-hybridized carbons (Fsp3) is 0.730. The normalized spacial score (nSPS) is 38.3. The van der Waals surface area contributed by atoms with Crippen LogP contribution in [0.15, 0.2) is 41.5 Å². The highest BCUT2D eigenvalue weighted by Gasteiger charge is 2.73. The van der Waals surface area contributed by atoms with Crippen molar-refractivity contribution in [1.82, 2.24) is 0 Å². The van der Waals surface area contributed by atoms with E-state index < -0.39 is 72.4 Å². The molecule has 45 heavy (non-hydrogen) atoms. The van der Waals surface area contributed by atoms with Crippen molar-refractivity contribution in [3.8, 4) is 0 Å². The molecule has 0 aromatic heterocycles. The molecule has 4 rings (SSSR count). The van der Waals surface area contributed by atoms with Gasteiger partial charge in [-0.3, -0.25) is 4.79 Å². The van der Waals surface area contributed by atoms with Gasteiger partial charge in [0.15, 0.2) is 8.32 Å². The predicted octanol–water partition coefficient (Wildman–Crippen LogP) is 6.85. The maximum absolute atomic E-state index is 15.5. The Labute approximate surface area is 271 Å². The summed E-state index contributed by atoms with van der Waals surface area (Å²) in [6.07, 6.45) is -2.53. The van der Waals surface area contributed by atoms with Crippen molar-refractivity contribution in [1.29, 1.82) is 0 Å². The molecule has 1 aromatic carbocycles. The van der Waals surface area contributed by atoms with E-state index in [1.165, 1.54) is 0 Å². The molecule has 2 bridgehead atoms. The van der Waals surface area contributed by atoms with Crippen LogP contribution in [0.5, 0.6) is 0 Å². The zero-order valence-corrected chi connectivity index (χ0v) is 30.3. The third-order valence-electron chi connectivity index (χ3n) is 13.1. The minimum atomic E-state index is -2.30. The first-order valence-electron chi connectivity index (χ1n) is 17.3. The lowest BCUT2D eigenvalue weighted by molar-refractivity contribution is -0.254. The molecule has 2 saturated carbocycles. The number of esters is 1. The second-order valence-electron chi connectivity index (χ2n) is 15.1. The molecule has 7 nitrogen and oxygen atoms in total. The Morgan fingerprint density at radius 3 is 2.07 bits per heavy atom. The molecule has 3 N–H and O–H groups in total. The largest absolute Gasteiger partial charge is 0.455 e. The summed E-state index contributed by atoms with van der Waals surface area (Å²) in [5.74, 6) is -2.00. The van der Waals surface area contributed by atoms with E-state index in [9.17, 15) is 20.1 Å². The third-order valence-corrected chi connectivity index (χ3v) is 17.8. The molecule has 3 aliphatic carbocycles. The number of benzene rings is 1. The topological polar surface area (TPSA) is 113 Å². The molecule has 252 valence electrons. The average Bonchev–Trinajstić information content (AvgIpc) is 3.02. The number of Topliss-reactive ketones (excluding diaryl/α,β-unsaturated/α-hetero) is 1. The number of ketones is 1. The summed E-state index contributed by atoms with van der Waals surface area (Å²) < 4.78 is 13.8. The van der Waals surface area contributed by atoms with Crippen LogP contribution in [-0.2, 0) is 14.0 Å². The maximum Gasteiger partial charge on any atom is 0.338 e. The Balaban J connectivity index is 2.11. The van der Waals surface area contributed by atoms with Crippen LogP contribution in [0.3, 0.4) is 0 Å². The van der Waals surface area contributed by atoms with Gasteiger partial charge in [-0.2, -0.15) is 0 Å². The summed E-state index contributed by atoms with van der Waals surface area (Å²) in [6, 6.07) is 11.3. The van der Waals surface area contributed by atoms with E-state index in [0.717, 1.165) is 23.7 Å². The quantitative estimate of drug-likeness (QED) is 0.153. The first kappa shape index (κ1) is 36.0. The van der Waals surface area contributed by atoms with E-state index in [1.54, 1.807) is 24.3 Å². The van der Waals surface area contributed by atoms with Crippen molar-refractivity contribution >= 4 is 20.1 Å². The van der Waals surface area contributed by atoms with Crippen LogP contribution < -0.4 is 0 Å². The summed E-state index contributed by atoms with van der Waals surface area (Å²) in [7, 11) is -2.30. The standard InChI is InChI=1S/C37H58O7Si/c1-11-25-29-23(6)26(38)22-37(42,34(29,7)8)32(43-33(41)24-19-17-16-18-20-24)30-35(9,12-2)27(39)21-28(36(30,10)31(25)40)44-45(13-3,14-4)15-5/h16-20,25-28,30,32,38-39,42H,11-15,21-22H2,1-10H3/t25-,26+,27-,28+,30?,32+,35-,36-,37-/m1/s1. The first-order chi connectivity index (χ1) is 21.0. The molecular formula is C37H58O7Si. The van der Waals surface area contributed by atoms with Crippen LogP contribution in [0, 0.1) is 28.1 Å². The minimum Gasteiger partial charge on any atom is -0.455 e. The molecule has 0 radical (unpaired) electrons. The fourth-order valence-corrected chi connectivity index (χ4v) is 12.5. The Kier molecular flexibility index (Phi) is 10.1. The number of aliphatic hydroxyl groups excluding tert-OH is 2. The van der Waals surface area contributed by atoms with Crippen molar-refractivity contribution in [3.63, 3.8) is 0 Å². The molecular weight excluding hydrogens is 584 g/mol. The molecule has 8 heteroatoms. The smallest absolute Gasteiger partial charge is 0.338 e. The molecule has 0 saturated heterocycles. The van der Waals surface area contributed by atoms with Crippen LogP contribution in [0.1, 0.15) is 105 Å². The number of aliphatic hydroxyl groups is 3. The molecule has 1 unspecified atom stereocenters. The molecule has 0 heterocycles. The lowest BCUT2D eigenvalue weighted by Gasteiger charge is -2.66. The summed E-state index contributed by atoms with van der Waals surface area (Å²) in [5.41, 5.74) is -3.14. The van der Waals surface area contributed by atoms with Gasteiger partial charge in [0, 0.05) is 29.1 Å². The molecule has 3 aliphatic rings. The molecule has 1 aromatic rings. The summed E-state index contributed by atoms with van der Waals surface area (Å²) in [5, 5.41) is 36.8. The second kappa shape index (κ2) is 12.6. The molecule has 2 fully saturated rings. The van der Waals surface area contributed by atoms with E-state index in [1.807, 2.05) is 54.5 Å². The Morgan fingerprint density at radius 2 is 1.56 bits per heavy atom. The van der Waals surface area contributed by atoms with Crippen LogP contribution in [0.25, 0.3) is 0 Å². The Hall–Kier alpha value is -1.84. The number of rotatable bonds is 9. The highest BCUT2D eigenvalue weighted by molar-refractivity contribution is 6.73. The second-order valence-corrected chi connectivity index (χ2v) is 19.8. The zero-order chi connectivity index (χ0) is 33.8. The lowest BCUT2D eigenvalue weighted by atomic mass is 9.42. The number of fused-ring (bicyclic) bond motifs is 3. The number of ether oxygens (including phenoxy) is 1.